The van der Waals surface area contributed by atoms with Crippen molar-refractivity contribution in [3.05, 3.63) is 29.8 Å². The number of halogens is 2. The Labute approximate surface area is 111 Å². The minimum atomic E-state index is -4.02. The predicted molar refractivity (Wildman–Crippen MR) is 66.6 cm³/mol. The van der Waals surface area contributed by atoms with E-state index < -0.39 is 32.7 Å². The second kappa shape index (κ2) is 5.15. The smallest absolute Gasteiger partial charge is 0.247 e. The highest BCUT2D eigenvalue weighted by molar-refractivity contribution is 7.89. The summed E-state index contributed by atoms with van der Waals surface area (Å²) in [6.07, 6.45) is 0.832. The van der Waals surface area contributed by atoms with E-state index in [1.165, 1.54) is 0 Å². The highest BCUT2D eigenvalue weighted by atomic mass is 32.2. The minimum Gasteiger partial charge on any atom is -0.315 e. The number of hydrogen-bond donors (Lipinski definition) is 1. The summed E-state index contributed by atoms with van der Waals surface area (Å²) in [5.41, 5.74) is 5.88. The molecular formula is C12H16F2N2O2S. The van der Waals surface area contributed by atoms with Gasteiger partial charge in [-0.1, -0.05) is 6.92 Å². The lowest BCUT2D eigenvalue weighted by Crippen LogP contribution is -2.52. The van der Waals surface area contributed by atoms with Gasteiger partial charge in [-0.3, -0.25) is 0 Å². The molecule has 1 fully saturated rings. The summed E-state index contributed by atoms with van der Waals surface area (Å²) in [6.45, 7) is 2.11. The van der Waals surface area contributed by atoms with Gasteiger partial charge in [-0.25, -0.2) is 17.2 Å². The van der Waals surface area contributed by atoms with Gasteiger partial charge in [0.25, 0.3) is 0 Å². The number of rotatable bonds is 2. The van der Waals surface area contributed by atoms with E-state index >= 15 is 0 Å². The molecule has 19 heavy (non-hydrogen) atoms. The molecule has 1 heterocycles. The van der Waals surface area contributed by atoms with Gasteiger partial charge in [0.05, 0.1) is 6.17 Å². The lowest BCUT2D eigenvalue weighted by molar-refractivity contribution is 0.191. The number of piperidine rings is 1. The molecule has 2 unspecified atom stereocenters. The standard InChI is InChI=1S/C12H16F2N2O2S/c1-8-3-2-6-16(12(8)15)19(17,18)11-5-4-9(13)7-10(11)14/h4-5,7-8,12H,2-3,6,15H2,1H3. The molecule has 0 amide bonds. The van der Waals surface area contributed by atoms with E-state index in [-0.39, 0.29) is 12.5 Å². The van der Waals surface area contributed by atoms with Crippen LogP contribution in [0, 0.1) is 17.6 Å². The monoisotopic (exact) mass is 290 g/mol. The zero-order chi connectivity index (χ0) is 14.2. The van der Waals surface area contributed by atoms with Gasteiger partial charge in [0.2, 0.25) is 10.0 Å². The lowest BCUT2D eigenvalue weighted by atomic mass is 9.99. The molecular weight excluding hydrogens is 274 g/mol. The molecule has 2 rings (SSSR count). The maximum absolute atomic E-state index is 13.6. The van der Waals surface area contributed by atoms with E-state index in [1.807, 2.05) is 6.92 Å². The van der Waals surface area contributed by atoms with Crippen molar-refractivity contribution in [2.24, 2.45) is 11.7 Å². The summed E-state index contributed by atoms with van der Waals surface area (Å²) >= 11 is 0. The molecule has 0 radical (unpaired) electrons. The zero-order valence-corrected chi connectivity index (χ0v) is 11.3. The topological polar surface area (TPSA) is 63.4 Å². The van der Waals surface area contributed by atoms with E-state index in [9.17, 15) is 17.2 Å². The average Bonchev–Trinajstić information content (AvgIpc) is 2.31. The molecule has 0 aliphatic carbocycles. The summed E-state index contributed by atoms with van der Waals surface area (Å²) in [7, 11) is -4.02. The summed E-state index contributed by atoms with van der Waals surface area (Å²) in [5.74, 6) is -1.90. The van der Waals surface area contributed by atoms with Crippen molar-refractivity contribution in [2.75, 3.05) is 6.54 Å². The first-order chi connectivity index (χ1) is 8.84. The van der Waals surface area contributed by atoms with Crippen LogP contribution in [0.5, 0.6) is 0 Å². The first-order valence-electron chi connectivity index (χ1n) is 6.06. The van der Waals surface area contributed by atoms with Crippen LogP contribution in [0.4, 0.5) is 8.78 Å². The quantitative estimate of drug-likeness (QED) is 0.901. The van der Waals surface area contributed by atoms with E-state index in [0.29, 0.717) is 12.5 Å². The third-order valence-electron chi connectivity index (χ3n) is 3.43. The molecule has 2 atom stereocenters. The van der Waals surface area contributed by atoms with E-state index in [1.54, 1.807) is 0 Å². The van der Waals surface area contributed by atoms with Crippen LogP contribution >= 0.6 is 0 Å². The fraction of sp³-hybridized carbons (Fsp3) is 0.500. The van der Waals surface area contributed by atoms with Crippen molar-refractivity contribution < 1.29 is 17.2 Å². The maximum atomic E-state index is 13.6. The molecule has 1 aliphatic rings. The number of nitrogens with two attached hydrogens (primary N) is 1. The summed E-state index contributed by atoms with van der Waals surface area (Å²) < 4.78 is 52.3. The van der Waals surface area contributed by atoms with Gasteiger partial charge < -0.3 is 5.73 Å². The third-order valence-corrected chi connectivity index (χ3v) is 5.36. The molecule has 1 aromatic rings. The first-order valence-corrected chi connectivity index (χ1v) is 7.50. The van der Waals surface area contributed by atoms with Crippen molar-refractivity contribution in [3.63, 3.8) is 0 Å². The van der Waals surface area contributed by atoms with Gasteiger partial charge in [0.1, 0.15) is 16.5 Å². The molecule has 106 valence electrons. The zero-order valence-electron chi connectivity index (χ0n) is 10.5. The van der Waals surface area contributed by atoms with Crippen molar-refractivity contribution in [2.45, 2.75) is 30.8 Å². The molecule has 7 heteroatoms. The Bertz CT molecular complexity index is 577. The second-order valence-corrected chi connectivity index (χ2v) is 6.66. The molecule has 4 nitrogen and oxygen atoms in total. The maximum Gasteiger partial charge on any atom is 0.247 e. The summed E-state index contributed by atoms with van der Waals surface area (Å²) in [4.78, 5) is -0.529. The fourth-order valence-corrected chi connectivity index (χ4v) is 3.96. The Balaban J connectivity index is 2.41. The molecule has 1 aliphatic heterocycles. The van der Waals surface area contributed by atoms with Crippen molar-refractivity contribution in [1.82, 2.24) is 4.31 Å². The molecule has 2 N–H and O–H groups in total. The Morgan fingerprint density at radius 3 is 2.68 bits per heavy atom. The van der Waals surface area contributed by atoms with Gasteiger partial charge in [-0.2, -0.15) is 4.31 Å². The number of sulfonamides is 1. The van der Waals surface area contributed by atoms with Gasteiger partial charge in [0.15, 0.2) is 0 Å². The largest absolute Gasteiger partial charge is 0.315 e. The molecule has 1 aromatic carbocycles. The van der Waals surface area contributed by atoms with Gasteiger partial charge in [0, 0.05) is 12.6 Å². The Hall–Kier alpha value is -1.05. The summed E-state index contributed by atoms with van der Waals surface area (Å²) in [6, 6.07) is 2.42. The van der Waals surface area contributed by atoms with E-state index in [0.717, 1.165) is 22.9 Å². The SMILES string of the molecule is CC1CCCN(S(=O)(=O)c2ccc(F)cc2F)C1N. The second-order valence-electron chi connectivity index (χ2n) is 4.80. The Morgan fingerprint density at radius 2 is 2.05 bits per heavy atom. The van der Waals surface area contributed by atoms with Crippen LogP contribution in [0.15, 0.2) is 23.1 Å². The molecule has 0 spiro atoms. The van der Waals surface area contributed by atoms with Gasteiger partial charge >= 0.3 is 0 Å². The highest BCUT2D eigenvalue weighted by Crippen LogP contribution is 2.27. The average molecular weight is 290 g/mol. The normalized spacial score (nSPS) is 25.5. The molecule has 1 saturated heterocycles. The predicted octanol–water partition coefficient (Wildman–Crippen LogP) is 1.67. The van der Waals surface area contributed by atoms with Crippen LogP contribution in [0.1, 0.15) is 19.8 Å². The summed E-state index contributed by atoms with van der Waals surface area (Å²) in [5, 5.41) is 0. The van der Waals surface area contributed by atoms with E-state index in [4.69, 9.17) is 5.73 Å². The molecule has 0 aromatic heterocycles. The third kappa shape index (κ3) is 2.63. The van der Waals surface area contributed by atoms with Crippen LogP contribution in [-0.4, -0.2) is 25.4 Å². The Kier molecular flexibility index (Phi) is 3.89. The number of nitrogens with zero attached hydrogens (tertiary/aromatic N) is 1. The molecule has 0 saturated carbocycles. The van der Waals surface area contributed by atoms with Crippen LogP contribution < -0.4 is 5.73 Å². The van der Waals surface area contributed by atoms with Crippen molar-refractivity contribution in [3.8, 4) is 0 Å². The lowest BCUT2D eigenvalue weighted by Gasteiger charge is -2.36. The van der Waals surface area contributed by atoms with Gasteiger partial charge in [-0.05, 0) is 30.9 Å². The fourth-order valence-electron chi connectivity index (χ4n) is 2.26. The van der Waals surface area contributed by atoms with Crippen molar-refractivity contribution >= 4 is 10.0 Å². The molecule has 0 bridgehead atoms. The van der Waals surface area contributed by atoms with Crippen LogP contribution in [0.3, 0.4) is 0 Å². The van der Waals surface area contributed by atoms with Crippen molar-refractivity contribution in [1.29, 1.82) is 0 Å². The van der Waals surface area contributed by atoms with E-state index in [2.05, 4.69) is 0 Å². The van der Waals surface area contributed by atoms with Crippen LogP contribution in [-0.2, 0) is 10.0 Å². The van der Waals surface area contributed by atoms with Crippen LogP contribution in [0.25, 0.3) is 0 Å². The highest BCUT2D eigenvalue weighted by Gasteiger charge is 2.36. The Morgan fingerprint density at radius 1 is 1.37 bits per heavy atom. The minimum absolute atomic E-state index is 0.00651. The van der Waals surface area contributed by atoms with Gasteiger partial charge in [-0.15, -0.1) is 0 Å². The number of benzene rings is 1. The first kappa shape index (κ1) is 14.4. The number of hydrogen-bond acceptors (Lipinski definition) is 3. The van der Waals surface area contributed by atoms with Crippen LogP contribution in [0.2, 0.25) is 0 Å².